The molecule has 10 heteroatoms. The largest absolute Gasteiger partial charge is 0.573 e. The Kier molecular flexibility index (Phi) is 8.96. The number of para-hydroxylation sites is 1. The van der Waals surface area contributed by atoms with Crippen molar-refractivity contribution in [1.29, 1.82) is 0 Å². The molecule has 0 saturated carbocycles. The third-order valence-electron chi connectivity index (χ3n) is 4.65. The molecule has 0 bridgehead atoms. The Labute approximate surface area is 195 Å². The summed E-state index contributed by atoms with van der Waals surface area (Å²) in [5.74, 6) is 0.00892. The minimum Gasteiger partial charge on any atom is -0.406 e. The van der Waals surface area contributed by atoms with Crippen LogP contribution in [0, 0.1) is 0 Å². The van der Waals surface area contributed by atoms with E-state index in [1.54, 1.807) is 0 Å². The highest BCUT2D eigenvalue weighted by molar-refractivity contribution is 14.0. The summed E-state index contributed by atoms with van der Waals surface area (Å²) in [6.07, 6.45) is -2.83. The molecule has 1 heterocycles. The monoisotopic (exact) mass is 548 g/mol. The van der Waals surface area contributed by atoms with Crippen LogP contribution in [0.2, 0.25) is 0 Å². The Morgan fingerprint density at radius 1 is 1.16 bits per heavy atom. The summed E-state index contributed by atoms with van der Waals surface area (Å²) in [7, 11) is 0. The molecule has 0 fully saturated rings. The zero-order valence-electron chi connectivity index (χ0n) is 16.7. The van der Waals surface area contributed by atoms with Crippen LogP contribution in [0.15, 0.2) is 53.5 Å². The maximum Gasteiger partial charge on any atom is 0.573 e. The van der Waals surface area contributed by atoms with Crippen LogP contribution in [0.4, 0.5) is 18.9 Å². The van der Waals surface area contributed by atoms with Crippen molar-refractivity contribution in [3.05, 3.63) is 59.7 Å². The van der Waals surface area contributed by atoms with Crippen LogP contribution < -0.4 is 20.7 Å². The third-order valence-corrected chi connectivity index (χ3v) is 4.65. The van der Waals surface area contributed by atoms with Gasteiger partial charge in [-0.25, -0.2) is 4.99 Å². The van der Waals surface area contributed by atoms with E-state index in [1.807, 2.05) is 29.2 Å². The molecule has 3 rings (SSSR count). The number of nitrogens with two attached hydrogens (primary N) is 1. The lowest BCUT2D eigenvalue weighted by atomic mass is 10.2. The number of anilines is 1. The van der Waals surface area contributed by atoms with Crippen LogP contribution in [0.25, 0.3) is 0 Å². The van der Waals surface area contributed by atoms with Crippen LogP contribution in [0.5, 0.6) is 5.75 Å². The van der Waals surface area contributed by atoms with Crippen LogP contribution in [0.3, 0.4) is 0 Å². The van der Waals surface area contributed by atoms with Crippen molar-refractivity contribution < 1.29 is 22.7 Å². The number of hydrogen-bond acceptors (Lipinski definition) is 3. The van der Waals surface area contributed by atoms with Crippen molar-refractivity contribution in [2.45, 2.75) is 32.2 Å². The molecule has 0 saturated heterocycles. The Morgan fingerprint density at radius 3 is 2.58 bits per heavy atom. The molecule has 0 atom stereocenters. The number of aliphatic imine (C=N–C) groups is 1. The highest BCUT2D eigenvalue weighted by Crippen LogP contribution is 2.28. The predicted molar refractivity (Wildman–Crippen MR) is 124 cm³/mol. The van der Waals surface area contributed by atoms with Crippen LogP contribution in [-0.2, 0) is 17.8 Å². The molecule has 1 aliphatic rings. The lowest BCUT2D eigenvalue weighted by Gasteiger charge is -2.17. The lowest BCUT2D eigenvalue weighted by Crippen LogP contribution is -2.34. The lowest BCUT2D eigenvalue weighted by molar-refractivity contribution is -0.274. The summed E-state index contributed by atoms with van der Waals surface area (Å²) in [6, 6.07) is 13.3. The summed E-state index contributed by atoms with van der Waals surface area (Å²) in [6.45, 7) is 1.42. The van der Waals surface area contributed by atoms with E-state index >= 15 is 0 Å². The number of carbonyl (C=O) groups is 1. The zero-order chi connectivity index (χ0) is 21.6. The van der Waals surface area contributed by atoms with Crippen LogP contribution >= 0.6 is 24.0 Å². The first kappa shape index (κ1) is 24.8. The molecule has 1 amide bonds. The minimum atomic E-state index is -4.71. The first-order valence-corrected chi connectivity index (χ1v) is 9.58. The van der Waals surface area contributed by atoms with Crippen molar-refractivity contribution in [2.24, 2.45) is 10.7 Å². The van der Waals surface area contributed by atoms with Crippen molar-refractivity contribution >= 4 is 41.5 Å². The number of hydrogen-bond donors (Lipinski definition) is 2. The number of ether oxygens (including phenoxy) is 1. The van der Waals surface area contributed by atoms with Gasteiger partial charge < -0.3 is 20.7 Å². The fraction of sp³-hybridized carbons (Fsp3) is 0.333. The summed E-state index contributed by atoms with van der Waals surface area (Å²) in [4.78, 5) is 18.4. The molecule has 0 aliphatic carbocycles. The molecule has 168 valence electrons. The number of fused-ring (bicyclic) bond motifs is 1. The smallest absolute Gasteiger partial charge is 0.406 e. The van der Waals surface area contributed by atoms with Crippen molar-refractivity contribution in [3.63, 3.8) is 0 Å². The summed E-state index contributed by atoms with van der Waals surface area (Å²) in [5, 5.41) is 2.94. The molecular formula is C21H24F3IN4O2. The molecule has 0 unspecified atom stereocenters. The van der Waals surface area contributed by atoms with E-state index in [-0.39, 0.29) is 48.1 Å². The van der Waals surface area contributed by atoms with Gasteiger partial charge in [-0.1, -0.05) is 30.3 Å². The summed E-state index contributed by atoms with van der Waals surface area (Å²) in [5.41, 5.74) is 8.68. The molecule has 2 aromatic rings. The number of amides is 1. The summed E-state index contributed by atoms with van der Waals surface area (Å²) < 4.78 is 40.3. The van der Waals surface area contributed by atoms with Gasteiger partial charge in [-0.3, -0.25) is 4.79 Å². The predicted octanol–water partition coefficient (Wildman–Crippen LogP) is 3.98. The Bertz CT molecular complexity index is 904. The zero-order valence-corrected chi connectivity index (χ0v) is 19.0. The van der Waals surface area contributed by atoms with Crippen molar-refractivity contribution in [3.8, 4) is 5.75 Å². The van der Waals surface area contributed by atoms with Crippen molar-refractivity contribution in [1.82, 2.24) is 5.32 Å². The minimum absolute atomic E-state index is 0. The number of guanidine groups is 1. The Balaban J connectivity index is 0.00000341. The van der Waals surface area contributed by atoms with E-state index in [4.69, 9.17) is 5.73 Å². The third kappa shape index (κ3) is 7.60. The SMILES string of the molecule is I.NC(=NCc1ccc(OC(F)(F)F)cc1)NCCCC(=O)N1CCc2ccccc21. The second-order valence-corrected chi connectivity index (χ2v) is 6.85. The Hall–Kier alpha value is -2.50. The quantitative estimate of drug-likeness (QED) is 0.238. The van der Waals surface area contributed by atoms with E-state index in [9.17, 15) is 18.0 Å². The fourth-order valence-electron chi connectivity index (χ4n) is 3.22. The number of carbonyl (C=O) groups excluding carboxylic acids is 1. The number of nitrogens with one attached hydrogen (secondary N) is 1. The average molecular weight is 548 g/mol. The molecule has 0 aromatic heterocycles. The van der Waals surface area contributed by atoms with Gasteiger partial charge in [0, 0.05) is 25.2 Å². The molecule has 2 aromatic carbocycles. The van der Waals surface area contributed by atoms with Gasteiger partial charge >= 0.3 is 6.36 Å². The fourth-order valence-corrected chi connectivity index (χ4v) is 3.22. The molecule has 3 N–H and O–H groups in total. The van der Waals surface area contributed by atoms with Gasteiger partial charge in [0.05, 0.1) is 6.54 Å². The van der Waals surface area contributed by atoms with Crippen LogP contribution in [0.1, 0.15) is 24.0 Å². The van der Waals surface area contributed by atoms with E-state index in [0.29, 0.717) is 31.5 Å². The van der Waals surface area contributed by atoms with Gasteiger partial charge in [-0.2, -0.15) is 0 Å². The maximum absolute atomic E-state index is 12.4. The van der Waals surface area contributed by atoms with Gasteiger partial charge in [0.15, 0.2) is 5.96 Å². The van der Waals surface area contributed by atoms with E-state index in [0.717, 1.165) is 12.1 Å². The number of benzene rings is 2. The first-order chi connectivity index (χ1) is 14.3. The number of nitrogens with zero attached hydrogens (tertiary/aromatic N) is 2. The molecular weight excluding hydrogens is 524 g/mol. The Morgan fingerprint density at radius 2 is 1.87 bits per heavy atom. The number of rotatable bonds is 7. The molecule has 1 aliphatic heterocycles. The standard InChI is InChI=1S/C21H23F3N4O2.HI/c22-21(23,24)30-17-9-7-15(8-10-17)14-27-20(25)26-12-3-6-19(29)28-13-11-16-4-1-2-5-18(16)28;/h1-2,4-5,7-10H,3,6,11-14H2,(H3,25,26,27);1H. The number of alkyl halides is 3. The molecule has 0 spiro atoms. The second-order valence-electron chi connectivity index (χ2n) is 6.85. The van der Waals surface area contributed by atoms with Gasteiger partial charge in [0.25, 0.3) is 0 Å². The summed E-state index contributed by atoms with van der Waals surface area (Å²) >= 11 is 0. The maximum atomic E-state index is 12.4. The van der Waals surface area contributed by atoms with Gasteiger partial charge in [-0.15, -0.1) is 37.1 Å². The number of halogens is 4. The van der Waals surface area contributed by atoms with E-state index < -0.39 is 6.36 Å². The highest BCUT2D eigenvalue weighted by Gasteiger charge is 2.30. The van der Waals surface area contributed by atoms with E-state index in [1.165, 1.54) is 29.8 Å². The molecule has 31 heavy (non-hydrogen) atoms. The van der Waals surface area contributed by atoms with Gasteiger partial charge in [0.2, 0.25) is 5.91 Å². The highest BCUT2D eigenvalue weighted by atomic mass is 127. The van der Waals surface area contributed by atoms with Gasteiger partial charge in [-0.05, 0) is 42.2 Å². The van der Waals surface area contributed by atoms with E-state index in [2.05, 4.69) is 15.0 Å². The normalized spacial score (nSPS) is 13.4. The molecule has 6 nitrogen and oxygen atoms in total. The first-order valence-electron chi connectivity index (χ1n) is 9.58. The topological polar surface area (TPSA) is 80.0 Å². The molecule has 0 radical (unpaired) electrons. The van der Waals surface area contributed by atoms with Crippen molar-refractivity contribution in [2.75, 3.05) is 18.0 Å². The average Bonchev–Trinajstić information content (AvgIpc) is 3.14. The second kappa shape index (κ2) is 11.2. The van der Waals surface area contributed by atoms with Crippen LogP contribution in [-0.4, -0.2) is 31.3 Å². The van der Waals surface area contributed by atoms with Gasteiger partial charge in [0.1, 0.15) is 5.75 Å².